The number of carbonyl (C=O) groups is 1. The molecule has 0 saturated carbocycles. The number of rotatable bonds is 3. The van der Waals surface area contributed by atoms with Crippen molar-refractivity contribution >= 4 is 28.3 Å². The van der Waals surface area contributed by atoms with Gasteiger partial charge in [0.25, 0.3) is 0 Å². The van der Waals surface area contributed by atoms with Gasteiger partial charge in [0, 0.05) is 17.1 Å². The molecule has 7 heteroatoms. The van der Waals surface area contributed by atoms with Crippen molar-refractivity contribution in [2.24, 2.45) is 0 Å². The highest BCUT2D eigenvalue weighted by Gasteiger charge is 2.15. The van der Waals surface area contributed by atoms with Crippen LogP contribution in [-0.2, 0) is 4.79 Å². The average molecular weight is 331 g/mol. The maximum absolute atomic E-state index is 12.7. The number of aromatic nitrogens is 1. The number of hydrogen-bond donors (Lipinski definition) is 1. The molecule has 2 heterocycles. The third kappa shape index (κ3) is 2.88. The molecule has 0 aliphatic carbocycles. The van der Waals surface area contributed by atoms with Gasteiger partial charge in [-0.25, -0.2) is 9.78 Å². The van der Waals surface area contributed by atoms with E-state index in [1.54, 1.807) is 13.0 Å². The van der Waals surface area contributed by atoms with Crippen LogP contribution in [0.1, 0.15) is 11.3 Å². The van der Waals surface area contributed by atoms with Gasteiger partial charge in [-0.15, -0.1) is 11.3 Å². The molecule has 0 unspecified atom stereocenters. The molecule has 23 heavy (non-hydrogen) atoms. The van der Waals surface area contributed by atoms with Gasteiger partial charge in [-0.3, -0.25) is 4.79 Å². The molecule has 3 rings (SSSR count). The minimum Gasteiger partial charge on any atom is -0.463 e. The average Bonchev–Trinajstić information content (AvgIpc) is 2.93. The molecule has 0 saturated heterocycles. The first-order valence-corrected chi connectivity index (χ1v) is 7.86. The molecule has 118 valence electrons. The van der Waals surface area contributed by atoms with Crippen molar-refractivity contribution in [1.29, 1.82) is 0 Å². The second-order valence-corrected chi connectivity index (χ2v) is 5.97. The monoisotopic (exact) mass is 331 g/mol. The third-order valence-electron chi connectivity index (χ3n) is 3.33. The predicted molar refractivity (Wildman–Crippen MR) is 86.5 cm³/mol. The molecule has 0 atom stereocenters. The van der Waals surface area contributed by atoms with Gasteiger partial charge in [0.15, 0.2) is 6.54 Å². The van der Waals surface area contributed by atoms with Gasteiger partial charge in [0.1, 0.15) is 22.6 Å². The summed E-state index contributed by atoms with van der Waals surface area (Å²) in [6, 6.07) is 3.18. The largest absolute Gasteiger partial charge is 0.463 e. The fraction of sp³-hybridized carbons (Fsp3) is 0.188. The molecule has 3 aromatic rings. The summed E-state index contributed by atoms with van der Waals surface area (Å²) in [5.41, 5.74) is 5.67. The number of esters is 1. The van der Waals surface area contributed by atoms with Gasteiger partial charge in [-0.05, 0) is 25.5 Å². The van der Waals surface area contributed by atoms with Gasteiger partial charge < -0.3 is 14.9 Å². The first kappa shape index (κ1) is 15.4. The van der Waals surface area contributed by atoms with E-state index < -0.39 is 5.97 Å². The zero-order chi connectivity index (χ0) is 16.6. The molecule has 1 aromatic carbocycles. The number of nitrogens with zero attached hydrogens (tertiary/aromatic N) is 1. The Hall–Kier alpha value is -2.51. The van der Waals surface area contributed by atoms with E-state index in [9.17, 15) is 9.59 Å². The number of fused-ring (bicyclic) bond motifs is 1. The summed E-state index contributed by atoms with van der Waals surface area (Å²) in [4.78, 5) is 28.4. The van der Waals surface area contributed by atoms with Crippen LogP contribution in [0.3, 0.4) is 0 Å². The van der Waals surface area contributed by atoms with Crippen LogP contribution < -0.4 is 15.9 Å². The maximum Gasteiger partial charge on any atom is 0.366 e. The van der Waals surface area contributed by atoms with Crippen molar-refractivity contribution in [3.63, 3.8) is 0 Å². The fourth-order valence-corrected chi connectivity index (χ4v) is 3.08. The quantitative estimate of drug-likeness (QED) is 0.582. The van der Waals surface area contributed by atoms with Crippen molar-refractivity contribution < 1.29 is 19.7 Å². The minimum absolute atomic E-state index is 0.0311. The topological polar surface area (TPSA) is 97.0 Å². The molecular formula is C16H15N2O4S+. The minimum atomic E-state index is -0.444. The molecular weight excluding hydrogens is 316 g/mol. The summed E-state index contributed by atoms with van der Waals surface area (Å²) in [6.07, 6.45) is 1.40. The van der Waals surface area contributed by atoms with Crippen LogP contribution in [-0.4, -0.2) is 17.5 Å². The zero-order valence-electron chi connectivity index (χ0n) is 12.7. The van der Waals surface area contributed by atoms with Crippen molar-refractivity contribution in [1.82, 2.24) is 4.98 Å². The Bertz CT molecular complexity index is 958. The number of benzene rings is 1. The van der Waals surface area contributed by atoms with Crippen LogP contribution in [0, 0.1) is 13.8 Å². The molecule has 3 N–H and O–H groups in total. The van der Waals surface area contributed by atoms with Crippen LogP contribution >= 0.6 is 11.3 Å². The highest BCUT2D eigenvalue weighted by molar-refractivity contribution is 7.13. The molecule has 2 aromatic heterocycles. The first-order valence-electron chi connectivity index (χ1n) is 6.98. The van der Waals surface area contributed by atoms with Crippen molar-refractivity contribution in [3.8, 4) is 16.3 Å². The lowest BCUT2D eigenvalue weighted by atomic mass is 10.1. The first-order chi connectivity index (χ1) is 11.0. The van der Waals surface area contributed by atoms with E-state index in [2.05, 4.69) is 10.7 Å². The van der Waals surface area contributed by atoms with E-state index in [0.717, 1.165) is 5.69 Å². The number of aryl methyl sites for hydroxylation is 2. The summed E-state index contributed by atoms with van der Waals surface area (Å²) < 4.78 is 10.7. The summed E-state index contributed by atoms with van der Waals surface area (Å²) in [6.45, 7) is 3.68. The second kappa shape index (κ2) is 5.94. The Morgan fingerprint density at radius 3 is 2.83 bits per heavy atom. The third-order valence-corrected chi connectivity index (χ3v) is 4.33. The van der Waals surface area contributed by atoms with Crippen LogP contribution in [0.2, 0.25) is 0 Å². The smallest absolute Gasteiger partial charge is 0.366 e. The summed E-state index contributed by atoms with van der Waals surface area (Å²) >= 11 is 1.40. The number of thiazole rings is 1. The second-order valence-electron chi connectivity index (χ2n) is 5.11. The lowest BCUT2D eigenvalue weighted by molar-refractivity contribution is -0.358. The lowest BCUT2D eigenvalue weighted by Gasteiger charge is -2.07. The lowest BCUT2D eigenvalue weighted by Crippen LogP contribution is -2.55. The molecule has 0 fully saturated rings. The summed E-state index contributed by atoms with van der Waals surface area (Å²) in [5.74, 6) is -0.106. The zero-order valence-corrected chi connectivity index (χ0v) is 13.5. The van der Waals surface area contributed by atoms with Gasteiger partial charge in [-0.2, -0.15) is 0 Å². The van der Waals surface area contributed by atoms with E-state index in [-0.39, 0.29) is 12.0 Å². The highest BCUT2D eigenvalue weighted by Crippen LogP contribution is 2.27. The summed E-state index contributed by atoms with van der Waals surface area (Å²) in [5, 5.41) is 2.97. The molecule has 0 amide bonds. The van der Waals surface area contributed by atoms with E-state index in [4.69, 9.17) is 9.15 Å². The summed E-state index contributed by atoms with van der Waals surface area (Å²) in [7, 11) is 0. The van der Waals surface area contributed by atoms with E-state index in [1.807, 2.05) is 12.3 Å². The molecule has 0 aliphatic heterocycles. The fourth-order valence-electron chi connectivity index (χ4n) is 2.28. The van der Waals surface area contributed by atoms with Crippen LogP contribution in [0.5, 0.6) is 5.75 Å². The van der Waals surface area contributed by atoms with Gasteiger partial charge >= 0.3 is 5.97 Å². The Labute approximate surface area is 135 Å². The number of carbonyl (C=O) groups excluding carboxylic acids is 1. The normalized spacial score (nSPS) is 10.9. The molecule has 6 nitrogen and oxygen atoms in total. The number of hydrogen-bond acceptors (Lipinski definition) is 6. The van der Waals surface area contributed by atoms with E-state index >= 15 is 0 Å². The molecule has 0 spiro atoms. The Kier molecular flexibility index (Phi) is 3.97. The van der Waals surface area contributed by atoms with Crippen molar-refractivity contribution in [2.45, 2.75) is 13.8 Å². The predicted octanol–water partition coefficient (Wildman–Crippen LogP) is 1.68. The Balaban J connectivity index is 2.15. The highest BCUT2D eigenvalue weighted by atomic mass is 32.1. The molecule has 0 bridgehead atoms. The standard InChI is InChI=1S/C16H14N2O4S/c1-8-3-10(22-13(19)5-17)4-12-14(8)15(20)11(6-21-12)16-18-9(2)7-23-16/h3-4,6-7H,5,17H2,1-2H3/p+1. The SMILES string of the molecule is Cc1csc(-c2coc3cc(OC(=O)C[NH3+])cc(C)c3c2=O)n1. The van der Waals surface area contributed by atoms with Crippen LogP contribution in [0.25, 0.3) is 21.5 Å². The van der Waals surface area contributed by atoms with Gasteiger partial charge in [-0.1, -0.05) is 0 Å². The van der Waals surface area contributed by atoms with Crippen LogP contribution in [0.4, 0.5) is 0 Å². The maximum atomic E-state index is 12.7. The van der Waals surface area contributed by atoms with Crippen molar-refractivity contribution in [3.05, 3.63) is 45.3 Å². The Morgan fingerprint density at radius 2 is 2.17 bits per heavy atom. The van der Waals surface area contributed by atoms with E-state index in [1.165, 1.54) is 23.7 Å². The number of quaternary nitrogens is 1. The Morgan fingerprint density at radius 1 is 1.39 bits per heavy atom. The van der Waals surface area contributed by atoms with Crippen LogP contribution in [0.15, 0.2) is 33.0 Å². The van der Waals surface area contributed by atoms with Gasteiger partial charge in [0.05, 0.1) is 10.9 Å². The molecule has 0 radical (unpaired) electrons. The van der Waals surface area contributed by atoms with Gasteiger partial charge in [0.2, 0.25) is 5.43 Å². The van der Waals surface area contributed by atoms with Crippen molar-refractivity contribution in [2.75, 3.05) is 6.54 Å². The van der Waals surface area contributed by atoms with E-state index in [0.29, 0.717) is 32.9 Å². The number of ether oxygens (including phenoxy) is 1. The molecule has 0 aliphatic rings.